The minimum atomic E-state index is -3.52. The summed E-state index contributed by atoms with van der Waals surface area (Å²) in [4.78, 5) is 3.88. The number of hydrogen-bond acceptors (Lipinski definition) is 5. The predicted molar refractivity (Wildman–Crippen MR) is 100 cm³/mol. The zero-order valence-electron chi connectivity index (χ0n) is 15.8. The Hall–Kier alpha value is -1.66. The molecular formula is C16H20ClF4N5O2S. The minimum Gasteiger partial charge on any atom is -0.347 e. The van der Waals surface area contributed by atoms with Crippen LogP contribution in [0.3, 0.4) is 0 Å². The van der Waals surface area contributed by atoms with Gasteiger partial charge in [0, 0.05) is 13.1 Å². The van der Waals surface area contributed by atoms with Crippen LogP contribution in [0.1, 0.15) is 32.1 Å². The van der Waals surface area contributed by atoms with Crippen LogP contribution in [0.5, 0.6) is 0 Å². The van der Waals surface area contributed by atoms with E-state index in [0.29, 0.717) is 0 Å². The summed E-state index contributed by atoms with van der Waals surface area (Å²) in [5, 5.41) is 6.05. The molecule has 1 fully saturated rings. The van der Waals surface area contributed by atoms with E-state index >= 15 is 0 Å². The van der Waals surface area contributed by atoms with Gasteiger partial charge in [-0.05, 0) is 20.3 Å². The molecule has 0 bridgehead atoms. The summed E-state index contributed by atoms with van der Waals surface area (Å²) < 4.78 is 82.4. The molecular weight excluding hydrogens is 438 g/mol. The van der Waals surface area contributed by atoms with Crippen molar-refractivity contribution in [3.63, 3.8) is 0 Å². The smallest absolute Gasteiger partial charge is 0.241 e. The average Bonchev–Trinajstić information content (AvgIpc) is 2.85. The summed E-state index contributed by atoms with van der Waals surface area (Å²) in [5.41, 5.74) is -3.13. The third kappa shape index (κ3) is 4.29. The minimum absolute atomic E-state index is 0.0942. The zero-order chi connectivity index (χ0) is 21.7. The average molecular weight is 458 g/mol. The Labute approximate surface area is 170 Å². The molecule has 1 aliphatic rings. The van der Waals surface area contributed by atoms with Crippen LogP contribution >= 0.6 is 11.6 Å². The molecule has 1 saturated heterocycles. The van der Waals surface area contributed by atoms with Gasteiger partial charge in [-0.3, -0.25) is 0 Å². The van der Waals surface area contributed by atoms with Gasteiger partial charge in [-0.2, -0.15) is 4.31 Å². The quantitative estimate of drug-likeness (QED) is 0.698. The van der Waals surface area contributed by atoms with Crippen molar-refractivity contribution in [2.75, 3.05) is 24.7 Å². The maximum absolute atomic E-state index is 14.6. The molecule has 3 heterocycles. The first-order valence-corrected chi connectivity index (χ1v) is 10.9. The lowest BCUT2D eigenvalue weighted by Gasteiger charge is -2.33. The van der Waals surface area contributed by atoms with Crippen molar-refractivity contribution in [1.82, 2.24) is 18.9 Å². The van der Waals surface area contributed by atoms with E-state index in [9.17, 15) is 26.0 Å². The van der Waals surface area contributed by atoms with E-state index in [1.54, 1.807) is 0 Å². The van der Waals surface area contributed by atoms with Crippen LogP contribution in [0.2, 0.25) is 5.02 Å². The standard InChI is InChI=1S/C16H20ClF4N5O2S/c1-16(2,21)14(20)13-11(17)12(19)10-6-22-15(24-26(10)13)23-9-4-5-25(7-8(9)18)29(3,27)28/h6,8-9,14H,4-5,7H2,1-3H3,(H,23,24)/t8-,9-,14?/m1/s1. The monoisotopic (exact) mass is 457 g/mol. The van der Waals surface area contributed by atoms with Gasteiger partial charge in [0.05, 0.1) is 18.5 Å². The first-order valence-electron chi connectivity index (χ1n) is 8.72. The first-order chi connectivity index (χ1) is 13.3. The Morgan fingerprint density at radius 1 is 1.41 bits per heavy atom. The van der Waals surface area contributed by atoms with Gasteiger partial charge < -0.3 is 5.32 Å². The van der Waals surface area contributed by atoms with Gasteiger partial charge in [0.15, 0.2) is 12.0 Å². The topological polar surface area (TPSA) is 79.6 Å². The van der Waals surface area contributed by atoms with Crippen molar-refractivity contribution in [2.45, 2.75) is 44.3 Å². The predicted octanol–water partition coefficient (Wildman–Crippen LogP) is 3.06. The van der Waals surface area contributed by atoms with E-state index in [0.717, 1.165) is 35.1 Å². The molecule has 2 aromatic rings. The molecule has 0 spiro atoms. The Kier molecular flexibility index (Phi) is 5.73. The van der Waals surface area contributed by atoms with E-state index in [1.165, 1.54) is 0 Å². The molecule has 1 N–H and O–H groups in total. The highest BCUT2D eigenvalue weighted by molar-refractivity contribution is 7.88. The van der Waals surface area contributed by atoms with Crippen LogP contribution in [0.15, 0.2) is 6.20 Å². The van der Waals surface area contributed by atoms with Gasteiger partial charge in [0.1, 0.15) is 28.1 Å². The van der Waals surface area contributed by atoms with Crippen LogP contribution in [-0.4, -0.2) is 64.5 Å². The van der Waals surface area contributed by atoms with Gasteiger partial charge >= 0.3 is 0 Å². The summed E-state index contributed by atoms with van der Waals surface area (Å²) in [6.07, 6.45) is -1.68. The Balaban J connectivity index is 1.90. The van der Waals surface area contributed by atoms with E-state index < -0.39 is 50.6 Å². The third-order valence-electron chi connectivity index (χ3n) is 4.73. The molecule has 162 valence electrons. The van der Waals surface area contributed by atoms with Crippen molar-refractivity contribution in [2.24, 2.45) is 0 Å². The molecule has 7 nitrogen and oxygen atoms in total. The Morgan fingerprint density at radius 3 is 2.62 bits per heavy atom. The van der Waals surface area contributed by atoms with Gasteiger partial charge in [-0.1, -0.05) is 11.6 Å². The molecule has 0 amide bonds. The number of anilines is 1. The van der Waals surface area contributed by atoms with E-state index in [4.69, 9.17) is 11.6 Å². The Bertz CT molecular complexity index is 1030. The molecule has 3 atom stereocenters. The number of hydrogen-bond donors (Lipinski definition) is 1. The van der Waals surface area contributed by atoms with Gasteiger partial charge in [-0.25, -0.2) is 35.5 Å². The molecule has 3 rings (SSSR count). The summed E-state index contributed by atoms with van der Waals surface area (Å²) in [6.45, 7) is 1.72. The number of piperidine rings is 1. The molecule has 2 aromatic heterocycles. The number of nitrogens with one attached hydrogen (secondary N) is 1. The second-order valence-corrected chi connectivity index (χ2v) is 9.86. The van der Waals surface area contributed by atoms with Crippen LogP contribution in [0, 0.1) is 5.82 Å². The maximum atomic E-state index is 14.6. The highest BCUT2D eigenvalue weighted by Gasteiger charge is 2.38. The molecule has 0 aromatic carbocycles. The van der Waals surface area contributed by atoms with E-state index in [-0.39, 0.29) is 31.0 Å². The fourth-order valence-electron chi connectivity index (χ4n) is 3.12. The summed E-state index contributed by atoms with van der Waals surface area (Å²) in [6, 6.07) is -0.816. The fraction of sp³-hybridized carbons (Fsp3) is 0.625. The van der Waals surface area contributed by atoms with Crippen LogP contribution in [0.4, 0.5) is 23.5 Å². The van der Waals surface area contributed by atoms with Crippen molar-refractivity contribution in [3.05, 3.63) is 22.7 Å². The lowest BCUT2D eigenvalue weighted by molar-refractivity contribution is 0.0811. The summed E-state index contributed by atoms with van der Waals surface area (Å²) in [5.74, 6) is -1.15. The SMILES string of the molecule is CC(C)(F)C(F)c1c(Cl)c(F)c2cnc(N[C@@H]3CCN(S(C)(=O)=O)C[C@H]3F)nn12. The van der Waals surface area contributed by atoms with Crippen molar-refractivity contribution in [3.8, 4) is 0 Å². The maximum Gasteiger partial charge on any atom is 0.241 e. The normalized spacial score (nSPS) is 22.8. The second kappa shape index (κ2) is 7.55. The zero-order valence-corrected chi connectivity index (χ0v) is 17.4. The lowest BCUT2D eigenvalue weighted by atomic mass is 10.0. The summed E-state index contributed by atoms with van der Waals surface area (Å²) >= 11 is 5.85. The van der Waals surface area contributed by atoms with Crippen LogP contribution in [-0.2, 0) is 10.0 Å². The van der Waals surface area contributed by atoms with Crippen molar-refractivity contribution < 1.29 is 26.0 Å². The van der Waals surface area contributed by atoms with Gasteiger partial charge in [0.25, 0.3) is 0 Å². The van der Waals surface area contributed by atoms with Crippen LogP contribution in [0.25, 0.3) is 5.52 Å². The molecule has 13 heteroatoms. The first kappa shape index (κ1) is 22.0. The molecule has 0 aliphatic carbocycles. The largest absolute Gasteiger partial charge is 0.347 e. The third-order valence-corrected chi connectivity index (χ3v) is 6.36. The van der Waals surface area contributed by atoms with Gasteiger partial charge in [0.2, 0.25) is 16.0 Å². The highest BCUT2D eigenvalue weighted by atomic mass is 35.5. The molecule has 0 radical (unpaired) electrons. The number of fused-ring (bicyclic) bond motifs is 1. The number of halogens is 5. The van der Waals surface area contributed by atoms with Crippen molar-refractivity contribution in [1.29, 1.82) is 0 Å². The second-order valence-electron chi connectivity index (χ2n) is 7.50. The Morgan fingerprint density at radius 2 is 2.07 bits per heavy atom. The molecule has 0 saturated carbocycles. The lowest BCUT2D eigenvalue weighted by Crippen LogP contribution is -2.49. The molecule has 1 unspecified atom stereocenters. The number of rotatable bonds is 5. The highest BCUT2D eigenvalue weighted by Crippen LogP contribution is 2.39. The van der Waals surface area contributed by atoms with Gasteiger partial charge in [-0.15, -0.1) is 5.10 Å². The number of aromatic nitrogens is 3. The van der Waals surface area contributed by atoms with E-state index in [2.05, 4.69) is 15.4 Å². The van der Waals surface area contributed by atoms with E-state index in [1.807, 2.05) is 0 Å². The molecule has 1 aliphatic heterocycles. The molecule has 29 heavy (non-hydrogen) atoms. The summed E-state index contributed by atoms with van der Waals surface area (Å²) in [7, 11) is -3.52. The number of nitrogens with zero attached hydrogens (tertiary/aromatic N) is 4. The fourth-order valence-corrected chi connectivity index (χ4v) is 4.24. The number of alkyl halides is 3. The van der Waals surface area contributed by atoms with Crippen molar-refractivity contribution >= 4 is 33.1 Å². The van der Waals surface area contributed by atoms with Crippen LogP contribution < -0.4 is 5.32 Å². The number of sulfonamides is 1.